The molecule has 0 atom stereocenters. The molecule has 0 aliphatic carbocycles. The molecule has 0 fully saturated rings. The number of nitrogens with one attached hydrogen (secondary N) is 2. The number of nitrogens with zero attached hydrogens (tertiary/aromatic N) is 2. The summed E-state index contributed by atoms with van der Waals surface area (Å²) in [4.78, 5) is 8.12. The van der Waals surface area contributed by atoms with Crippen LogP contribution in [-0.2, 0) is 0 Å². The molecule has 0 aliphatic rings. The van der Waals surface area contributed by atoms with Crippen molar-refractivity contribution in [2.75, 3.05) is 17.2 Å². The molecule has 2 rings (SSSR count). The zero-order chi connectivity index (χ0) is 15.4. The Bertz CT molecular complexity index is 623. The first-order valence-electron chi connectivity index (χ1n) is 6.50. The van der Waals surface area contributed by atoms with Gasteiger partial charge in [0.05, 0.1) is 0 Å². The van der Waals surface area contributed by atoms with Crippen LogP contribution in [0.25, 0.3) is 0 Å². The molecule has 1 aromatic heterocycles. The van der Waals surface area contributed by atoms with Crippen LogP contribution in [0.2, 0.25) is 0 Å². The Morgan fingerprint density at radius 1 is 1.05 bits per heavy atom. The van der Waals surface area contributed by atoms with Crippen molar-refractivity contribution in [3.63, 3.8) is 0 Å². The molecule has 0 saturated carbocycles. The maximum Gasteiger partial charge on any atom is 0.194 e. The average Bonchev–Trinajstić information content (AvgIpc) is 2.45. The quantitative estimate of drug-likeness (QED) is 0.825. The highest BCUT2D eigenvalue weighted by Crippen LogP contribution is 2.24. The van der Waals surface area contributed by atoms with E-state index in [0.29, 0.717) is 17.2 Å². The molecule has 0 spiro atoms. The largest absolute Gasteiger partial charge is 0.370 e. The van der Waals surface area contributed by atoms with Gasteiger partial charge in [-0.05, 0) is 13.3 Å². The second kappa shape index (κ2) is 6.43. The molecule has 2 N–H and O–H groups in total. The number of hydrogen-bond acceptors (Lipinski definition) is 4. The van der Waals surface area contributed by atoms with Crippen LogP contribution in [0, 0.1) is 24.4 Å². The summed E-state index contributed by atoms with van der Waals surface area (Å²) in [7, 11) is 0. The predicted molar refractivity (Wildman–Crippen MR) is 75.1 cm³/mol. The monoisotopic (exact) mass is 296 g/mol. The van der Waals surface area contributed by atoms with Crippen LogP contribution in [0.3, 0.4) is 0 Å². The molecule has 0 amide bonds. The lowest BCUT2D eigenvalue weighted by atomic mass is 10.2. The van der Waals surface area contributed by atoms with E-state index < -0.39 is 17.5 Å². The fourth-order valence-corrected chi connectivity index (χ4v) is 1.76. The first-order valence-corrected chi connectivity index (χ1v) is 6.50. The summed E-state index contributed by atoms with van der Waals surface area (Å²) in [5.41, 5.74) is 0.783. The van der Waals surface area contributed by atoms with Gasteiger partial charge in [0, 0.05) is 29.9 Å². The number of benzene rings is 1. The van der Waals surface area contributed by atoms with Crippen molar-refractivity contribution in [1.29, 1.82) is 0 Å². The molecule has 21 heavy (non-hydrogen) atoms. The Morgan fingerprint density at radius 3 is 2.29 bits per heavy atom. The summed E-state index contributed by atoms with van der Waals surface area (Å²) in [6.45, 7) is 4.54. The molecule has 0 bridgehead atoms. The lowest BCUT2D eigenvalue weighted by Crippen LogP contribution is -2.07. The highest BCUT2D eigenvalue weighted by Gasteiger charge is 2.12. The molecule has 0 saturated heterocycles. The van der Waals surface area contributed by atoms with E-state index in [1.165, 1.54) is 6.33 Å². The third kappa shape index (κ3) is 3.42. The van der Waals surface area contributed by atoms with E-state index in [0.717, 1.165) is 25.1 Å². The Morgan fingerprint density at radius 2 is 1.67 bits per heavy atom. The third-order valence-corrected chi connectivity index (χ3v) is 2.87. The van der Waals surface area contributed by atoms with Gasteiger partial charge in [-0.3, -0.25) is 0 Å². The lowest BCUT2D eigenvalue weighted by molar-refractivity contribution is 0.448. The first kappa shape index (κ1) is 15.1. The van der Waals surface area contributed by atoms with Crippen LogP contribution in [-0.4, -0.2) is 16.5 Å². The highest BCUT2D eigenvalue weighted by atomic mass is 19.2. The van der Waals surface area contributed by atoms with Gasteiger partial charge in [-0.2, -0.15) is 0 Å². The second-order valence-corrected chi connectivity index (χ2v) is 4.50. The minimum atomic E-state index is -1.50. The van der Waals surface area contributed by atoms with Crippen LogP contribution in [0.5, 0.6) is 0 Å². The number of halogens is 3. The first-order chi connectivity index (χ1) is 10.0. The van der Waals surface area contributed by atoms with Crippen molar-refractivity contribution in [2.24, 2.45) is 0 Å². The molecule has 0 radical (unpaired) electrons. The third-order valence-electron chi connectivity index (χ3n) is 2.87. The average molecular weight is 296 g/mol. The van der Waals surface area contributed by atoms with Gasteiger partial charge >= 0.3 is 0 Å². The summed E-state index contributed by atoms with van der Waals surface area (Å²) in [5, 5.41) is 5.88. The van der Waals surface area contributed by atoms with Gasteiger partial charge in [0.25, 0.3) is 0 Å². The molecule has 7 heteroatoms. The molecule has 0 aliphatic heterocycles. The van der Waals surface area contributed by atoms with Crippen molar-refractivity contribution in [3.05, 3.63) is 41.5 Å². The maximum absolute atomic E-state index is 13.2. The Kier molecular flexibility index (Phi) is 4.62. The molecular formula is C14H15F3N4. The van der Waals surface area contributed by atoms with E-state index in [9.17, 15) is 13.2 Å². The fraction of sp³-hybridized carbons (Fsp3) is 0.286. The van der Waals surface area contributed by atoms with Crippen LogP contribution < -0.4 is 10.6 Å². The number of rotatable bonds is 5. The highest BCUT2D eigenvalue weighted by molar-refractivity contribution is 5.64. The van der Waals surface area contributed by atoms with E-state index in [1.807, 2.05) is 6.92 Å². The minimum Gasteiger partial charge on any atom is -0.370 e. The van der Waals surface area contributed by atoms with Crippen molar-refractivity contribution in [1.82, 2.24) is 9.97 Å². The Balaban J connectivity index is 2.27. The molecule has 112 valence electrons. The lowest BCUT2D eigenvalue weighted by Gasteiger charge is -2.12. The van der Waals surface area contributed by atoms with E-state index in [4.69, 9.17) is 0 Å². The van der Waals surface area contributed by atoms with E-state index in [1.54, 1.807) is 6.92 Å². The van der Waals surface area contributed by atoms with E-state index in [-0.39, 0.29) is 5.69 Å². The number of anilines is 3. The Labute approximate surface area is 120 Å². The summed E-state index contributed by atoms with van der Waals surface area (Å²) in [6.07, 6.45) is 2.27. The van der Waals surface area contributed by atoms with Gasteiger partial charge < -0.3 is 10.6 Å². The Hall–Kier alpha value is -2.31. The molecule has 2 aromatic rings. The summed E-state index contributed by atoms with van der Waals surface area (Å²) >= 11 is 0. The summed E-state index contributed by atoms with van der Waals surface area (Å²) in [6, 6.07) is 1.75. The second-order valence-electron chi connectivity index (χ2n) is 4.50. The molecule has 1 aromatic carbocycles. The van der Waals surface area contributed by atoms with E-state index >= 15 is 0 Å². The van der Waals surface area contributed by atoms with Crippen molar-refractivity contribution < 1.29 is 13.2 Å². The molecular weight excluding hydrogens is 281 g/mol. The van der Waals surface area contributed by atoms with Gasteiger partial charge in [-0.15, -0.1) is 0 Å². The predicted octanol–water partition coefficient (Wildman–Crippen LogP) is 3.77. The van der Waals surface area contributed by atoms with Gasteiger partial charge in [0.15, 0.2) is 17.5 Å². The molecule has 4 nitrogen and oxygen atoms in total. The zero-order valence-electron chi connectivity index (χ0n) is 11.7. The summed E-state index contributed by atoms with van der Waals surface area (Å²) < 4.78 is 39.3. The van der Waals surface area contributed by atoms with Crippen LogP contribution in [0.15, 0.2) is 18.5 Å². The fourth-order valence-electron chi connectivity index (χ4n) is 1.76. The maximum atomic E-state index is 13.2. The van der Waals surface area contributed by atoms with Gasteiger partial charge in [-0.1, -0.05) is 6.92 Å². The standard InChI is InChI=1S/C14H15F3N4/c1-3-4-18-13-8(2)14(20-7-19-13)21-9-5-10(15)12(17)11(16)6-9/h5-7H,3-4H2,1-2H3,(H2,18,19,20,21). The van der Waals surface area contributed by atoms with Gasteiger partial charge in [-0.25, -0.2) is 23.1 Å². The molecule has 0 unspecified atom stereocenters. The smallest absolute Gasteiger partial charge is 0.194 e. The van der Waals surface area contributed by atoms with Crippen LogP contribution >= 0.6 is 0 Å². The van der Waals surface area contributed by atoms with E-state index in [2.05, 4.69) is 20.6 Å². The van der Waals surface area contributed by atoms with Crippen molar-refractivity contribution in [3.8, 4) is 0 Å². The summed E-state index contributed by atoms with van der Waals surface area (Å²) in [5.74, 6) is -2.97. The zero-order valence-corrected chi connectivity index (χ0v) is 11.7. The van der Waals surface area contributed by atoms with Gasteiger partial charge in [0.2, 0.25) is 0 Å². The topological polar surface area (TPSA) is 49.8 Å². The number of aromatic nitrogens is 2. The van der Waals surface area contributed by atoms with Crippen LogP contribution in [0.4, 0.5) is 30.5 Å². The number of hydrogen-bond donors (Lipinski definition) is 2. The van der Waals surface area contributed by atoms with Crippen molar-refractivity contribution >= 4 is 17.3 Å². The normalized spacial score (nSPS) is 10.5. The van der Waals surface area contributed by atoms with Crippen molar-refractivity contribution in [2.45, 2.75) is 20.3 Å². The van der Waals surface area contributed by atoms with Gasteiger partial charge in [0.1, 0.15) is 18.0 Å². The SMILES string of the molecule is CCCNc1ncnc(Nc2cc(F)c(F)c(F)c2)c1C. The van der Waals surface area contributed by atoms with Crippen LogP contribution in [0.1, 0.15) is 18.9 Å². The molecule has 1 heterocycles. The minimum absolute atomic E-state index is 0.0784.